The Morgan fingerprint density at radius 2 is 0.548 bits per heavy atom. The Morgan fingerprint density at radius 3 is 1.02 bits per heavy atom. The van der Waals surface area contributed by atoms with Crippen LogP contribution in [0.1, 0.15) is 0 Å². The maximum absolute atomic E-state index is 2.37. The van der Waals surface area contributed by atoms with Gasteiger partial charge in [0, 0.05) is 37.2 Å². The van der Waals surface area contributed by atoms with Crippen LogP contribution in [0.15, 0.2) is 249 Å². The zero-order valence-electron chi connectivity index (χ0n) is 34.0. The minimum absolute atomic E-state index is 1.09. The lowest BCUT2D eigenvalue weighted by molar-refractivity contribution is 1.28. The minimum atomic E-state index is 1.09. The number of nitrogens with zero attached hydrogens (tertiary/aromatic N) is 1. The number of benzene rings is 10. The Kier molecular flexibility index (Phi) is 9.82. The first-order valence-electron chi connectivity index (χ1n) is 21.2. The normalized spacial score (nSPS) is 11.2. The molecule has 0 saturated heterocycles. The lowest BCUT2D eigenvalue weighted by Gasteiger charge is -2.26. The van der Waals surface area contributed by atoms with E-state index in [1.165, 1.54) is 86.9 Å². The largest absolute Gasteiger partial charge is 0.311 e. The Labute approximate surface area is 367 Å². The highest BCUT2D eigenvalue weighted by Gasteiger charge is 2.16. The molecule has 0 spiro atoms. The SMILES string of the molecule is c1ccc(-c2ccc(-c3ccc(N(c4ccc(-c5ccc(-c6ccccc6)cc5)cc4)c4ccc(-c5ccccc5-c5ccc6sc7ccccc7c6c5)cc4)cc3)cc2)cc1. The highest BCUT2D eigenvalue weighted by atomic mass is 32.1. The van der Waals surface area contributed by atoms with Gasteiger partial charge in [-0.3, -0.25) is 0 Å². The Bertz CT molecular complexity index is 3150. The summed E-state index contributed by atoms with van der Waals surface area (Å²) in [4.78, 5) is 2.36. The van der Waals surface area contributed by atoms with Crippen LogP contribution < -0.4 is 4.90 Å². The van der Waals surface area contributed by atoms with Gasteiger partial charge in [-0.25, -0.2) is 0 Å². The van der Waals surface area contributed by atoms with Gasteiger partial charge in [0.15, 0.2) is 0 Å². The van der Waals surface area contributed by atoms with Crippen molar-refractivity contribution in [1.29, 1.82) is 0 Å². The molecule has 10 aromatic carbocycles. The highest BCUT2D eigenvalue weighted by Crippen LogP contribution is 2.41. The maximum Gasteiger partial charge on any atom is 0.0462 e. The molecule has 0 radical (unpaired) electrons. The summed E-state index contributed by atoms with van der Waals surface area (Å²) in [6.07, 6.45) is 0. The van der Waals surface area contributed by atoms with Crippen LogP contribution in [0.25, 0.3) is 86.9 Å². The smallest absolute Gasteiger partial charge is 0.0462 e. The minimum Gasteiger partial charge on any atom is -0.311 e. The molecule has 0 saturated carbocycles. The molecule has 0 aliphatic rings. The molecule has 11 aromatic rings. The fraction of sp³-hybridized carbons (Fsp3) is 0. The van der Waals surface area contributed by atoms with E-state index < -0.39 is 0 Å². The number of hydrogen-bond donors (Lipinski definition) is 0. The lowest BCUT2D eigenvalue weighted by atomic mass is 9.93. The number of fused-ring (bicyclic) bond motifs is 3. The molecule has 0 bridgehead atoms. The molecule has 2 heteroatoms. The molecule has 0 atom stereocenters. The summed E-state index contributed by atoms with van der Waals surface area (Å²) in [5, 5.41) is 2.63. The molecule has 1 aromatic heterocycles. The average molecular weight is 808 g/mol. The molecule has 0 aliphatic heterocycles. The van der Waals surface area contributed by atoms with Gasteiger partial charge in [-0.15, -0.1) is 11.3 Å². The summed E-state index contributed by atoms with van der Waals surface area (Å²) >= 11 is 1.86. The Hall–Kier alpha value is -7.78. The van der Waals surface area contributed by atoms with Crippen LogP contribution in [-0.2, 0) is 0 Å². The van der Waals surface area contributed by atoms with E-state index >= 15 is 0 Å². The first kappa shape index (κ1) is 37.2. The quantitative estimate of drug-likeness (QED) is 0.140. The van der Waals surface area contributed by atoms with E-state index in [1.807, 2.05) is 11.3 Å². The van der Waals surface area contributed by atoms with Crippen LogP contribution in [0.2, 0.25) is 0 Å². The summed E-state index contributed by atoms with van der Waals surface area (Å²) in [7, 11) is 0. The first-order valence-corrected chi connectivity index (χ1v) is 22.0. The zero-order chi connectivity index (χ0) is 41.2. The van der Waals surface area contributed by atoms with Gasteiger partial charge in [-0.1, -0.05) is 194 Å². The molecule has 0 aliphatic carbocycles. The summed E-state index contributed by atoms with van der Waals surface area (Å²) in [6, 6.07) is 90.2. The van der Waals surface area contributed by atoms with Crippen LogP contribution in [0, 0.1) is 0 Å². The third-order valence-corrected chi connectivity index (χ3v) is 13.1. The number of thiophene rings is 1. The van der Waals surface area contributed by atoms with Gasteiger partial charge in [0.2, 0.25) is 0 Å². The zero-order valence-corrected chi connectivity index (χ0v) is 34.8. The van der Waals surface area contributed by atoms with Gasteiger partial charge in [-0.05, 0) is 121 Å². The monoisotopic (exact) mass is 807 g/mol. The van der Waals surface area contributed by atoms with Crippen molar-refractivity contribution in [3.05, 3.63) is 249 Å². The molecule has 1 nitrogen and oxygen atoms in total. The van der Waals surface area contributed by atoms with Crippen molar-refractivity contribution < 1.29 is 0 Å². The summed E-state index contributed by atoms with van der Waals surface area (Å²) in [5.41, 5.74) is 17.8. The van der Waals surface area contributed by atoms with Gasteiger partial charge in [0.25, 0.3) is 0 Å². The number of anilines is 3. The van der Waals surface area contributed by atoms with Gasteiger partial charge < -0.3 is 4.90 Å². The molecule has 0 fully saturated rings. The second kappa shape index (κ2) is 16.3. The molecular formula is C60H41NS. The topological polar surface area (TPSA) is 3.24 Å². The van der Waals surface area contributed by atoms with Crippen molar-refractivity contribution in [1.82, 2.24) is 0 Å². The van der Waals surface area contributed by atoms with E-state index in [-0.39, 0.29) is 0 Å². The van der Waals surface area contributed by atoms with Gasteiger partial charge in [0.05, 0.1) is 0 Å². The molecule has 0 amide bonds. The van der Waals surface area contributed by atoms with Crippen LogP contribution in [0.5, 0.6) is 0 Å². The molecular weight excluding hydrogens is 767 g/mol. The average Bonchev–Trinajstić information content (AvgIpc) is 3.74. The standard InChI is InChI=1S/C60H41NS/c1-3-11-42(12-4-1)44-19-23-46(24-20-44)48-27-34-52(35-28-48)61(53-36-29-49(30-37-53)47-25-21-45(22-26-47)43-13-5-2-6-14-43)54-38-31-50(32-39-54)55-15-7-8-16-56(55)51-33-40-60-58(41-51)57-17-9-10-18-59(57)62-60/h1-41H. The van der Waals surface area contributed by atoms with Crippen LogP contribution >= 0.6 is 11.3 Å². The maximum atomic E-state index is 2.37. The predicted molar refractivity (Wildman–Crippen MR) is 267 cm³/mol. The fourth-order valence-electron chi connectivity index (χ4n) is 8.69. The molecule has 0 N–H and O–H groups in total. The molecule has 292 valence electrons. The third kappa shape index (κ3) is 7.28. The van der Waals surface area contributed by atoms with Crippen LogP contribution in [0.3, 0.4) is 0 Å². The van der Waals surface area contributed by atoms with Crippen molar-refractivity contribution in [3.63, 3.8) is 0 Å². The summed E-state index contributed by atoms with van der Waals surface area (Å²) in [5.74, 6) is 0. The number of rotatable bonds is 9. The molecule has 1 heterocycles. The second-order valence-electron chi connectivity index (χ2n) is 15.7. The first-order chi connectivity index (χ1) is 30.7. The van der Waals surface area contributed by atoms with Crippen molar-refractivity contribution in [3.8, 4) is 66.8 Å². The fourth-order valence-corrected chi connectivity index (χ4v) is 9.78. The lowest BCUT2D eigenvalue weighted by Crippen LogP contribution is -2.09. The van der Waals surface area contributed by atoms with E-state index in [2.05, 4.69) is 254 Å². The van der Waals surface area contributed by atoms with Crippen LogP contribution in [-0.4, -0.2) is 0 Å². The van der Waals surface area contributed by atoms with E-state index in [0.29, 0.717) is 0 Å². The molecule has 11 rings (SSSR count). The van der Waals surface area contributed by atoms with E-state index in [0.717, 1.165) is 17.1 Å². The van der Waals surface area contributed by atoms with Crippen molar-refractivity contribution in [2.24, 2.45) is 0 Å². The predicted octanol–water partition coefficient (Wildman–Crippen LogP) is 17.5. The van der Waals surface area contributed by atoms with Crippen molar-refractivity contribution in [2.75, 3.05) is 4.90 Å². The molecule has 0 unspecified atom stereocenters. The van der Waals surface area contributed by atoms with Gasteiger partial charge >= 0.3 is 0 Å². The van der Waals surface area contributed by atoms with Crippen molar-refractivity contribution >= 4 is 48.6 Å². The second-order valence-corrected chi connectivity index (χ2v) is 16.8. The van der Waals surface area contributed by atoms with Crippen molar-refractivity contribution in [2.45, 2.75) is 0 Å². The van der Waals surface area contributed by atoms with E-state index in [1.54, 1.807) is 0 Å². The van der Waals surface area contributed by atoms with E-state index in [4.69, 9.17) is 0 Å². The Morgan fingerprint density at radius 1 is 0.226 bits per heavy atom. The third-order valence-electron chi connectivity index (χ3n) is 12.0. The summed E-state index contributed by atoms with van der Waals surface area (Å²) < 4.78 is 2.65. The van der Waals surface area contributed by atoms with Gasteiger partial charge in [-0.2, -0.15) is 0 Å². The van der Waals surface area contributed by atoms with Gasteiger partial charge in [0.1, 0.15) is 0 Å². The highest BCUT2D eigenvalue weighted by molar-refractivity contribution is 7.25. The molecule has 62 heavy (non-hydrogen) atoms. The number of hydrogen-bond acceptors (Lipinski definition) is 2. The van der Waals surface area contributed by atoms with E-state index in [9.17, 15) is 0 Å². The van der Waals surface area contributed by atoms with Crippen LogP contribution in [0.4, 0.5) is 17.1 Å². The summed E-state index contributed by atoms with van der Waals surface area (Å²) in [6.45, 7) is 0. The Balaban J connectivity index is 0.931.